The molecule has 0 spiro atoms. The number of anilines is 1. The van der Waals surface area contributed by atoms with Gasteiger partial charge in [-0.05, 0) is 56.2 Å². The van der Waals surface area contributed by atoms with Gasteiger partial charge in [-0.2, -0.15) is 5.26 Å². The largest absolute Gasteiger partial charge is 0.491 e. The number of aryl methyl sites for hydroxylation is 2. The second-order valence-corrected chi connectivity index (χ2v) is 6.50. The number of carbonyl (C=O) groups excluding carboxylic acids is 1. The van der Waals surface area contributed by atoms with E-state index in [2.05, 4.69) is 5.32 Å². The van der Waals surface area contributed by atoms with Crippen molar-refractivity contribution in [2.24, 2.45) is 0 Å². The third kappa shape index (κ3) is 4.78. The highest BCUT2D eigenvalue weighted by molar-refractivity contribution is 6.37. The summed E-state index contributed by atoms with van der Waals surface area (Å²) in [6, 6.07) is 10.8. The van der Waals surface area contributed by atoms with Gasteiger partial charge in [-0.3, -0.25) is 4.79 Å². The molecule has 26 heavy (non-hydrogen) atoms. The molecule has 2 aromatic rings. The number of ether oxygens (including phenoxy) is 1. The maximum Gasteiger partial charge on any atom is 0.266 e. The van der Waals surface area contributed by atoms with E-state index in [1.54, 1.807) is 12.1 Å². The molecular weight excluding hydrogens is 371 g/mol. The highest BCUT2D eigenvalue weighted by Crippen LogP contribution is 2.34. The maximum atomic E-state index is 12.4. The van der Waals surface area contributed by atoms with Crippen LogP contribution in [0, 0.1) is 25.2 Å². The molecule has 0 aliphatic rings. The zero-order valence-corrected chi connectivity index (χ0v) is 16.2. The van der Waals surface area contributed by atoms with Gasteiger partial charge in [-0.25, -0.2) is 0 Å². The molecule has 0 saturated heterocycles. The van der Waals surface area contributed by atoms with Gasteiger partial charge in [0.1, 0.15) is 11.6 Å². The Balaban J connectivity index is 2.30. The van der Waals surface area contributed by atoms with Crippen molar-refractivity contribution in [1.29, 1.82) is 5.26 Å². The molecule has 0 aliphatic carbocycles. The van der Waals surface area contributed by atoms with Crippen molar-refractivity contribution in [3.8, 4) is 11.8 Å². The highest BCUT2D eigenvalue weighted by Gasteiger charge is 2.13. The van der Waals surface area contributed by atoms with Gasteiger partial charge in [0.2, 0.25) is 0 Å². The first-order valence-corrected chi connectivity index (χ1v) is 8.73. The zero-order chi connectivity index (χ0) is 19.3. The lowest BCUT2D eigenvalue weighted by atomic mass is 10.1. The Morgan fingerprint density at radius 3 is 2.42 bits per heavy atom. The molecule has 0 heterocycles. The summed E-state index contributed by atoms with van der Waals surface area (Å²) >= 11 is 12.3. The molecule has 134 valence electrons. The summed E-state index contributed by atoms with van der Waals surface area (Å²) < 4.78 is 5.37. The molecule has 6 heteroatoms. The fourth-order valence-electron chi connectivity index (χ4n) is 2.40. The lowest BCUT2D eigenvalue weighted by molar-refractivity contribution is -0.112. The second kappa shape index (κ2) is 8.75. The predicted octanol–water partition coefficient (Wildman–Crippen LogP) is 5.55. The van der Waals surface area contributed by atoms with E-state index in [1.807, 2.05) is 45.0 Å². The van der Waals surface area contributed by atoms with Crippen LogP contribution in [0.4, 0.5) is 5.69 Å². The highest BCUT2D eigenvalue weighted by atomic mass is 35.5. The van der Waals surface area contributed by atoms with Crippen LogP contribution in [0.1, 0.15) is 23.6 Å². The number of halogens is 2. The van der Waals surface area contributed by atoms with Gasteiger partial charge in [0.05, 0.1) is 16.7 Å². The molecule has 0 aromatic heterocycles. The first kappa shape index (κ1) is 19.8. The SMILES string of the molecule is CCOc1c(Cl)cc(/C=C(\C#N)C(=O)Nc2ccc(C)cc2C)cc1Cl. The topological polar surface area (TPSA) is 62.1 Å². The molecule has 0 radical (unpaired) electrons. The third-order valence-electron chi connectivity index (χ3n) is 3.62. The van der Waals surface area contributed by atoms with Crippen molar-refractivity contribution >= 4 is 40.9 Å². The number of nitriles is 1. The van der Waals surface area contributed by atoms with Crippen LogP contribution in [0.2, 0.25) is 10.0 Å². The normalized spacial score (nSPS) is 11.0. The molecule has 0 aliphatic heterocycles. The van der Waals surface area contributed by atoms with Gasteiger partial charge in [0.25, 0.3) is 5.91 Å². The fourth-order valence-corrected chi connectivity index (χ4v) is 3.02. The van der Waals surface area contributed by atoms with E-state index in [0.717, 1.165) is 11.1 Å². The molecule has 0 atom stereocenters. The molecule has 0 fully saturated rings. The number of amides is 1. The summed E-state index contributed by atoms with van der Waals surface area (Å²) in [5.41, 5.74) is 3.15. The molecule has 1 amide bonds. The van der Waals surface area contributed by atoms with Crippen LogP contribution in [0.5, 0.6) is 5.75 Å². The lowest BCUT2D eigenvalue weighted by Crippen LogP contribution is -2.14. The van der Waals surface area contributed by atoms with Crippen LogP contribution >= 0.6 is 23.2 Å². The van der Waals surface area contributed by atoms with Crippen molar-refractivity contribution in [1.82, 2.24) is 0 Å². The Morgan fingerprint density at radius 2 is 1.88 bits per heavy atom. The van der Waals surface area contributed by atoms with Crippen molar-refractivity contribution in [3.05, 3.63) is 62.6 Å². The number of rotatable bonds is 5. The Hall–Kier alpha value is -2.48. The van der Waals surface area contributed by atoms with E-state index < -0.39 is 5.91 Å². The molecule has 1 N–H and O–H groups in total. The Labute approximate surface area is 163 Å². The smallest absolute Gasteiger partial charge is 0.266 e. The monoisotopic (exact) mass is 388 g/mol. The number of nitrogens with zero attached hydrogens (tertiary/aromatic N) is 1. The molecule has 4 nitrogen and oxygen atoms in total. The Bertz CT molecular complexity index is 892. The van der Waals surface area contributed by atoms with E-state index in [1.165, 1.54) is 6.08 Å². The lowest BCUT2D eigenvalue weighted by Gasteiger charge is -2.10. The number of nitrogens with one attached hydrogen (secondary N) is 1. The Kier molecular flexibility index (Phi) is 6.68. The van der Waals surface area contributed by atoms with E-state index >= 15 is 0 Å². The van der Waals surface area contributed by atoms with Gasteiger partial charge in [-0.15, -0.1) is 0 Å². The minimum atomic E-state index is -0.499. The number of benzene rings is 2. The molecule has 2 rings (SSSR count). The van der Waals surface area contributed by atoms with Crippen LogP contribution in [-0.4, -0.2) is 12.5 Å². The van der Waals surface area contributed by atoms with Crippen LogP contribution in [0.15, 0.2) is 35.9 Å². The second-order valence-electron chi connectivity index (χ2n) is 5.69. The van der Waals surface area contributed by atoms with Crippen LogP contribution in [0.3, 0.4) is 0 Å². The molecule has 0 saturated carbocycles. The molecule has 0 bridgehead atoms. The summed E-state index contributed by atoms with van der Waals surface area (Å²) in [4.78, 5) is 12.4. The van der Waals surface area contributed by atoms with Gasteiger partial charge < -0.3 is 10.1 Å². The fraction of sp³-hybridized carbons (Fsp3) is 0.200. The first-order valence-electron chi connectivity index (χ1n) is 7.98. The average molecular weight is 389 g/mol. The van der Waals surface area contributed by atoms with Crippen molar-refractivity contribution in [2.75, 3.05) is 11.9 Å². The van der Waals surface area contributed by atoms with E-state index in [4.69, 9.17) is 27.9 Å². The summed E-state index contributed by atoms with van der Waals surface area (Å²) in [5.74, 6) is -0.119. The Morgan fingerprint density at radius 1 is 1.23 bits per heavy atom. The minimum Gasteiger partial charge on any atom is -0.491 e. The minimum absolute atomic E-state index is 0.0544. The molecular formula is C20H18Cl2N2O2. The van der Waals surface area contributed by atoms with Gasteiger partial charge in [0.15, 0.2) is 5.75 Å². The maximum absolute atomic E-state index is 12.4. The van der Waals surface area contributed by atoms with E-state index in [0.29, 0.717) is 33.7 Å². The number of carbonyl (C=O) groups is 1. The zero-order valence-electron chi connectivity index (χ0n) is 14.7. The standard InChI is InChI=1S/C20H18Cl2N2O2/c1-4-26-19-16(21)9-14(10-17(19)22)8-15(11-23)20(25)24-18-6-5-12(2)7-13(18)3/h5-10H,4H2,1-3H3,(H,24,25)/b15-8+. The van der Waals surface area contributed by atoms with Crippen molar-refractivity contribution < 1.29 is 9.53 Å². The summed E-state index contributed by atoms with van der Waals surface area (Å²) in [7, 11) is 0. The van der Waals surface area contributed by atoms with Crippen LogP contribution in [-0.2, 0) is 4.79 Å². The van der Waals surface area contributed by atoms with E-state index in [9.17, 15) is 10.1 Å². The predicted molar refractivity (Wildman–Crippen MR) is 106 cm³/mol. The van der Waals surface area contributed by atoms with Crippen molar-refractivity contribution in [2.45, 2.75) is 20.8 Å². The summed E-state index contributed by atoms with van der Waals surface area (Å²) in [6.07, 6.45) is 1.44. The molecule has 0 unspecified atom stereocenters. The summed E-state index contributed by atoms with van der Waals surface area (Å²) in [5, 5.41) is 12.7. The molecule has 2 aromatic carbocycles. The van der Waals surface area contributed by atoms with Crippen LogP contribution in [0.25, 0.3) is 6.08 Å². The van der Waals surface area contributed by atoms with Gasteiger partial charge in [-0.1, -0.05) is 40.9 Å². The first-order chi connectivity index (χ1) is 12.3. The summed E-state index contributed by atoms with van der Waals surface area (Å²) in [6.45, 7) is 6.12. The number of hydrogen-bond donors (Lipinski definition) is 1. The number of hydrogen-bond acceptors (Lipinski definition) is 3. The van der Waals surface area contributed by atoms with Crippen molar-refractivity contribution in [3.63, 3.8) is 0 Å². The average Bonchev–Trinajstić information content (AvgIpc) is 2.58. The van der Waals surface area contributed by atoms with Gasteiger partial charge in [0, 0.05) is 5.69 Å². The third-order valence-corrected chi connectivity index (χ3v) is 4.18. The van der Waals surface area contributed by atoms with Crippen LogP contribution < -0.4 is 10.1 Å². The van der Waals surface area contributed by atoms with E-state index in [-0.39, 0.29) is 5.57 Å². The quantitative estimate of drug-likeness (QED) is 0.538. The van der Waals surface area contributed by atoms with Gasteiger partial charge >= 0.3 is 0 Å².